The van der Waals surface area contributed by atoms with E-state index in [4.69, 9.17) is 6.42 Å². The van der Waals surface area contributed by atoms with Gasteiger partial charge in [0.05, 0.1) is 7.11 Å². The maximum Gasteiger partial charge on any atom is 0.316 e. The molecule has 0 spiro atoms. The van der Waals surface area contributed by atoms with Crippen LogP contribution >= 0.6 is 0 Å². The zero-order valence-electron chi connectivity index (χ0n) is 8.00. The van der Waals surface area contributed by atoms with Gasteiger partial charge in [0.25, 0.3) is 0 Å². The van der Waals surface area contributed by atoms with Crippen molar-refractivity contribution in [3.05, 3.63) is 0 Å². The summed E-state index contributed by atoms with van der Waals surface area (Å²) < 4.78 is 4.49. The van der Waals surface area contributed by atoms with Gasteiger partial charge in [0.1, 0.15) is 11.7 Å². The minimum absolute atomic E-state index is 0.163. The Morgan fingerprint density at radius 1 is 1.54 bits per heavy atom. The molecule has 0 fully saturated rings. The van der Waals surface area contributed by atoms with E-state index in [-0.39, 0.29) is 5.78 Å². The molecule has 0 aromatic carbocycles. The van der Waals surface area contributed by atoms with Gasteiger partial charge >= 0.3 is 5.97 Å². The molecular formula is C10H14O3. The number of carbonyl (C=O) groups is 2. The molecule has 0 aliphatic rings. The molecule has 0 N–H and O–H groups in total. The number of methoxy groups -OCH3 is 1. The number of carbonyl (C=O) groups excluding carboxylic acids is 2. The van der Waals surface area contributed by atoms with Crippen molar-refractivity contribution in [2.75, 3.05) is 7.11 Å². The van der Waals surface area contributed by atoms with E-state index in [0.29, 0.717) is 19.3 Å². The molecule has 0 saturated carbocycles. The molecule has 0 rings (SSSR count). The van der Waals surface area contributed by atoms with Crippen molar-refractivity contribution in [2.24, 2.45) is 5.92 Å². The van der Waals surface area contributed by atoms with E-state index < -0.39 is 11.9 Å². The molecular weight excluding hydrogens is 168 g/mol. The Morgan fingerprint density at radius 3 is 2.54 bits per heavy atom. The summed E-state index contributed by atoms with van der Waals surface area (Å²) in [5, 5.41) is 0. The summed E-state index contributed by atoms with van der Waals surface area (Å²) in [6, 6.07) is 0. The molecule has 1 atom stereocenters. The molecule has 13 heavy (non-hydrogen) atoms. The van der Waals surface area contributed by atoms with Crippen LogP contribution in [0.4, 0.5) is 0 Å². The van der Waals surface area contributed by atoms with Gasteiger partial charge in [-0.25, -0.2) is 0 Å². The van der Waals surface area contributed by atoms with E-state index in [1.54, 1.807) is 0 Å². The van der Waals surface area contributed by atoms with Crippen LogP contribution in [0, 0.1) is 18.3 Å². The lowest BCUT2D eigenvalue weighted by Crippen LogP contribution is -2.23. The van der Waals surface area contributed by atoms with Gasteiger partial charge in [-0.15, -0.1) is 12.3 Å². The number of rotatable bonds is 5. The van der Waals surface area contributed by atoms with Gasteiger partial charge in [-0.3, -0.25) is 9.59 Å². The molecule has 0 amide bonds. The summed E-state index contributed by atoms with van der Waals surface area (Å²) in [4.78, 5) is 22.0. The average molecular weight is 182 g/mol. The van der Waals surface area contributed by atoms with Crippen LogP contribution < -0.4 is 0 Å². The topological polar surface area (TPSA) is 43.4 Å². The first-order valence-corrected chi connectivity index (χ1v) is 4.15. The summed E-state index contributed by atoms with van der Waals surface area (Å²) in [5.74, 6) is 1.18. The van der Waals surface area contributed by atoms with Crippen molar-refractivity contribution in [3.63, 3.8) is 0 Å². The maximum absolute atomic E-state index is 11.1. The predicted octanol–water partition coefficient (Wildman–Crippen LogP) is 1.17. The Morgan fingerprint density at radius 2 is 2.15 bits per heavy atom. The number of terminal acetylenes is 1. The summed E-state index contributed by atoms with van der Waals surface area (Å²) in [7, 11) is 1.28. The Balaban J connectivity index is 4.04. The van der Waals surface area contributed by atoms with Crippen molar-refractivity contribution in [1.82, 2.24) is 0 Å². The van der Waals surface area contributed by atoms with E-state index in [1.165, 1.54) is 14.0 Å². The second-order valence-electron chi connectivity index (χ2n) is 2.78. The van der Waals surface area contributed by atoms with Gasteiger partial charge in [0.15, 0.2) is 0 Å². The second-order valence-corrected chi connectivity index (χ2v) is 2.78. The zero-order chi connectivity index (χ0) is 10.3. The van der Waals surface area contributed by atoms with E-state index >= 15 is 0 Å². The van der Waals surface area contributed by atoms with Crippen molar-refractivity contribution in [1.29, 1.82) is 0 Å². The lowest BCUT2D eigenvalue weighted by molar-refractivity contribution is -0.149. The van der Waals surface area contributed by atoms with Crippen LogP contribution in [0.2, 0.25) is 0 Å². The average Bonchev–Trinajstić information content (AvgIpc) is 2.11. The lowest BCUT2D eigenvalue weighted by atomic mass is 9.98. The lowest BCUT2D eigenvalue weighted by Gasteiger charge is -2.09. The molecule has 0 bridgehead atoms. The highest BCUT2D eigenvalue weighted by Crippen LogP contribution is 2.11. The third-order valence-electron chi connectivity index (χ3n) is 1.79. The monoisotopic (exact) mass is 182 g/mol. The van der Waals surface area contributed by atoms with Crippen molar-refractivity contribution < 1.29 is 14.3 Å². The first-order valence-electron chi connectivity index (χ1n) is 4.15. The van der Waals surface area contributed by atoms with E-state index in [1.807, 2.05) is 0 Å². The molecule has 0 heterocycles. The van der Waals surface area contributed by atoms with E-state index in [9.17, 15) is 9.59 Å². The zero-order valence-corrected chi connectivity index (χ0v) is 8.00. The van der Waals surface area contributed by atoms with Crippen LogP contribution in [0.25, 0.3) is 0 Å². The molecule has 0 aromatic rings. The molecule has 0 radical (unpaired) electrons. The Hall–Kier alpha value is -1.30. The summed E-state index contributed by atoms with van der Waals surface area (Å²) in [6.45, 7) is 1.39. The van der Waals surface area contributed by atoms with Crippen LogP contribution in [0.1, 0.15) is 26.2 Å². The molecule has 0 aliphatic heterocycles. The smallest absolute Gasteiger partial charge is 0.316 e. The Labute approximate surface area is 78.5 Å². The van der Waals surface area contributed by atoms with Crippen molar-refractivity contribution in [2.45, 2.75) is 26.2 Å². The van der Waals surface area contributed by atoms with Gasteiger partial charge in [-0.05, 0) is 19.8 Å². The number of esters is 1. The van der Waals surface area contributed by atoms with Crippen LogP contribution in [-0.4, -0.2) is 18.9 Å². The van der Waals surface area contributed by atoms with Gasteiger partial charge in [-0.1, -0.05) is 0 Å². The number of unbranched alkanes of at least 4 members (excludes halogenated alkanes) is 1. The van der Waals surface area contributed by atoms with Gasteiger partial charge in [-0.2, -0.15) is 0 Å². The van der Waals surface area contributed by atoms with Crippen LogP contribution in [-0.2, 0) is 14.3 Å². The summed E-state index contributed by atoms with van der Waals surface area (Å²) >= 11 is 0. The highest BCUT2D eigenvalue weighted by Gasteiger charge is 2.22. The molecule has 0 aromatic heterocycles. The van der Waals surface area contributed by atoms with Crippen LogP contribution in [0.3, 0.4) is 0 Å². The SMILES string of the molecule is C#CCCC[C@H](C(C)=O)C(=O)OC. The van der Waals surface area contributed by atoms with Crippen molar-refractivity contribution >= 4 is 11.8 Å². The summed E-state index contributed by atoms with van der Waals surface area (Å²) in [5.41, 5.74) is 0. The number of hydrogen-bond donors (Lipinski definition) is 0. The molecule has 3 nitrogen and oxygen atoms in total. The van der Waals surface area contributed by atoms with Crippen LogP contribution in [0.15, 0.2) is 0 Å². The number of Topliss-reactive ketones (excluding diaryl/α,β-unsaturated/α-hetero) is 1. The maximum atomic E-state index is 11.1. The second kappa shape index (κ2) is 6.24. The largest absolute Gasteiger partial charge is 0.468 e. The molecule has 0 aliphatic carbocycles. The number of ketones is 1. The number of hydrogen-bond acceptors (Lipinski definition) is 3. The Bertz CT molecular complexity index is 225. The fourth-order valence-electron chi connectivity index (χ4n) is 1.04. The minimum Gasteiger partial charge on any atom is -0.468 e. The molecule has 0 unspecified atom stereocenters. The van der Waals surface area contributed by atoms with Gasteiger partial charge < -0.3 is 4.74 Å². The fraction of sp³-hybridized carbons (Fsp3) is 0.600. The van der Waals surface area contributed by atoms with Crippen molar-refractivity contribution in [3.8, 4) is 12.3 Å². The molecule has 0 saturated heterocycles. The highest BCUT2D eigenvalue weighted by atomic mass is 16.5. The minimum atomic E-state index is -0.640. The van der Waals surface area contributed by atoms with E-state index in [2.05, 4.69) is 10.7 Å². The number of ether oxygens (including phenoxy) is 1. The first-order chi connectivity index (χ1) is 6.13. The fourth-order valence-corrected chi connectivity index (χ4v) is 1.04. The first kappa shape index (κ1) is 11.7. The quantitative estimate of drug-likeness (QED) is 0.277. The Kier molecular flexibility index (Phi) is 5.62. The van der Waals surface area contributed by atoms with Gasteiger partial charge in [0.2, 0.25) is 0 Å². The third-order valence-corrected chi connectivity index (χ3v) is 1.79. The molecule has 72 valence electrons. The predicted molar refractivity (Wildman–Crippen MR) is 48.9 cm³/mol. The highest BCUT2D eigenvalue weighted by molar-refractivity contribution is 5.97. The van der Waals surface area contributed by atoms with Crippen LogP contribution in [0.5, 0.6) is 0 Å². The van der Waals surface area contributed by atoms with Gasteiger partial charge in [0, 0.05) is 6.42 Å². The molecule has 3 heteroatoms. The summed E-state index contributed by atoms with van der Waals surface area (Å²) in [6.07, 6.45) is 6.79. The normalized spacial score (nSPS) is 11.5. The standard InChI is InChI=1S/C10H14O3/c1-4-5-6-7-9(8(2)11)10(12)13-3/h1,9H,5-7H2,2-3H3/t9-/m1/s1. The van der Waals surface area contributed by atoms with E-state index in [0.717, 1.165) is 0 Å². The third kappa shape index (κ3) is 4.32.